The summed E-state index contributed by atoms with van der Waals surface area (Å²) in [6.45, 7) is 6.81. The Labute approximate surface area is 234 Å². The molecule has 0 unspecified atom stereocenters. The normalized spacial score (nSPS) is 20.9. The van der Waals surface area contributed by atoms with Gasteiger partial charge in [0.1, 0.15) is 17.8 Å². The van der Waals surface area contributed by atoms with Crippen LogP contribution in [-0.2, 0) is 0 Å². The van der Waals surface area contributed by atoms with Gasteiger partial charge in [-0.25, -0.2) is 15.0 Å². The summed E-state index contributed by atoms with van der Waals surface area (Å²) in [5.74, 6) is 1.27. The van der Waals surface area contributed by atoms with E-state index in [0.717, 1.165) is 57.7 Å². The zero-order valence-electron chi connectivity index (χ0n) is 23.3. The summed E-state index contributed by atoms with van der Waals surface area (Å²) in [5, 5.41) is 4.35. The summed E-state index contributed by atoms with van der Waals surface area (Å²) >= 11 is 0. The second kappa shape index (κ2) is 10.2. The van der Waals surface area contributed by atoms with Crippen LogP contribution in [0.25, 0.3) is 33.2 Å². The molecule has 0 atom stereocenters. The maximum absolute atomic E-state index is 6.45. The Kier molecular flexibility index (Phi) is 6.40. The standard InChI is InChI=1S/C31H37N9/c1-20-4-3-5-26-28(20)37-31(36-26)35-22-8-6-21(7-9-22)25-18-40(30-27(25)29(32)33-19-34-30)24-12-10-23(11-13-24)39-16-14-38(2)15-17-39/h3-9,18-19,23-24H,10-17H2,1-2H3,(H2,32,33,34)(H2,35,36,37). The third kappa shape index (κ3) is 4.59. The average Bonchev–Trinajstić information content (AvgIpc) is 3.57. The molecule has 3 aromatic heterocycles. The lowest BCUT2D eigenvalue weighted by atomic mass is 9.89. The first-order chi connectivity index (χ1) is 19.5. The molecule has 0 amide bonds. The van der Waals surface area contributed by atoms with Crippen molar-refractivity contribution in [2.24, 2.45) is 0 Å². The number of nitrogens with two attached hydrogens (primary N) is 1. The lowest BCUT2D eigenvalue weighted by molar-refractivity contribution is 0.0828. The van der Waals surface area contributed by atoms with Crippen molar-refractivity contribution in [3.63, 3.8) is 0 Å². The van der Waals surface area contributed by atoms with Gasteiger partial charge >= 0.3 is 0 Å². The van der Waals surface area contributed by atoms with Gasteiger partial charge < -0.3 is 25.5 Å². The summed E-state index contributed by atoms with van der Waals surface area (Å²) in [7, 11) is 2.22. The molecule has 9 heteroatoms. The van der Waals surface area contributed by atoms with Crippen LogP contribution in [0.5, 0.6) is 0 Å². The number of imidazole rings is 1. The highest BCUT2D eigenvalue weighted by atomic mass is 15.3. The highest BCUT2D eigenvalue weighted by Crippen LogP contribution is 2.39. The van der Waals surface area contributed by atoms with Crippen LogP contribution in [0.1, 0.15) is 37.3 Å². The second-order valence-corrected chi connectivity index (χ2v) is 11.5. The number of hydrogen-bond donors (Lipinski definition) is 3. The molecule has 9 nitrogen and oxygen atoms in total. The van der Waals surface area contributed by atoms with E-state index in [1.165, 1.54) is 44.6 Å². The van der Waals surface area contributed by atoms with E-state index in [9.17, 15) is 0 Å². The third-order valence-electron chi connectivity index (χ3n) is 8.94. The van der Waals surface area contributed by atoms with Crippen molar-refractivity contribution < 1.29 is 0 Å². The van der Waals surface area contributed by atoms with Gasteiger partial charge in [-0.3, -0.25) is 4.90 Å². The van der Waals surface area contributed by atoms with Gasteiger partial charge in [-0.15, -0.1) is 0 Å². The molecule has 0 bridgehead atoms. The lowest BCUT2D eigenvalue weighted by Crippen LogP contribution is -2.49. The van der Waals surface area contributed by atoms with E-state index in [-0.39, 0.29) is 0 Å². The van der Waals surface area contributed by atoms with E-state index in [1.54, 1.807) is 6.33 Å². The predicted octanol–water partition coefficient (Wildman–Crippen LogP) is 5.34. The number of likely N-dealkylation sites (N-methyl/N-ethyl adjacent to an activating group) is 1. The molecule has 206 valence electrons. The van der Waals surface area contributed by atoms with Gasteiger partial charge in [-0.1, -0.05) is 24.3 Å². The molecule has 2 aliphatic rings. The monoisotopic (exact) mass is 535 g/mol. The molecule has 7 rings (SSSR count). The predicted molar refractivity (Wildman–Crippen MR) is 162 cm³/mol. The fraction of sp³-hybridized carbons (Fsp3) is 0.387. The van der Waals surface area contributed by atoms with Gasteiger partial charge in [0.05, 0.1) is 16.4 Å². The number of aromatic nitrogens is 5. The molecule has 1 aliphatic heterocycles. The first kappa shape index (κ1) is 25.0. The smallest absolute Gasteiger partial charge is 0.205 e. The van der Waals surface area contributed by atoms with Crippen LogP contribution in [0.4, 0.5) is 17.5 Å². The Bertz CT molecular complexity index is 1640. The maximum atomic E-state index is 6.45. The minimum atomic E-state index is 0.423. The fourth-order valence-electron chi connectivity index (χ4n) is 6.60. The van der Waals surface area contributed by atoms with Gasteiger partial charge in [-0.2, -0.15) is 0 Å². The van der Waals surface area contributed by atoms with Crippen molar-refractivity contribution >= 4 is 39.5 Å². The Morgan fingerprint density at radius 2 is 1.68 bits per heavy atom. The van der Waals surface area contributed by atoms with Crippen LogP contribution >= 0.6 is 0 Å². The average molecular weight is 536 g/mol. The first-order valence-electron chi connectivity index (χ1n) is 14.4. The number of anilines is 3. The van der Waals surface area contributed by atoms with E-state index in [1.807, 2.05) is 12.1 Å². The number of aryl methyl sites for hydroxylation is 1. The zero-order chi connectivity index (χ0) is 27.2. The summed E-state index contributed by atoms with van der Waals surface area (Å²) in [5.41, 5.74) is 13.7. The van der Waals surface area contributed by atoms with Crippen molar-refractivity contribution in [3.05, 3.63) is 60.6 Å². The first-order valence-corrected chi connectivity index (χ1v) is 14.4. The molecule has 2 aromatic carbocycles. The number of nitrogens with one attached hydrogen (secondary N) is 2. The van der Waals surface area contributed by atoms with Crippen molar-refractivity contribution in [1.82, 2.24) is 34.3 Å². The van der Waals surface area contributed by atoms with E-state index >= 15 is 0 Å². The molecule has 1 saturated carbocycles. The molecule has 0 spiro atoms. The minimum absolute atomic E-state index is 0.423. The number of H-pyrrole nitrogens is 1. The summed E-state index contributed by atoms with van der Waals surface area (Å²) in [4.78, 5) is 22.3. The molecule has 0 radical (unpaired) electrons. The number of nitrogens with zero attached hydrogens (tertiary/aromatic N) is 6. The van der Waals surface area contributed by atoms with E-state index in [0.29, 0.717) is 17.9 Å². The molecule has 4 heterocycles. The Morgan fingerprint density at radius 1 is 0.925 bits per heavy atom. The number of benzene rings is 2. The summed E-state index contributed by atoms with van der Waals surface area (Å²) in [6.07, 6.45) is 8.61. The number of para-hydroxylation sites is 1. The van der Waals surface area contributed by atoms with Gasteiger partial charge in [0.15, 0.2) is 0 Å². The lowest BCUT2D eigenvalue weighted by Gasteiger charge is -2.41. The number of rotatable bonds is 5. The summed E-state index contributed by atoms with van der Waals surface area (Å²) in [6, 6.07) is 15.7. The van der Waals surface area contributed by atoms with Crippen molar-refractivity contribution in [3.8, 4) is 11.1 Å². The van der Waals surface area contributed by atoms with Crippen LogP contribution in [-0.4, -0.2) is 73.6 Å². The van der Waals surface area contributed by atoms with Crippen LogP contribution in [0.3, 0.4) is 0 Å². The molecule has 1 aliphatic carbocycles. The molecule has 5 aromatic rings. The van der Waals surface area contributed by atoms with Crippen molar-refractivity contribution in [1.29, 1.82) is 0 Å². The van der Waals surface area contributed by atoms with Gasteiger partial charge in [-0.05, 0) is 69.0 Å². The van der Waals surface area contributed by atoms with Crippen molar-refractivity contribution in [2.75, 3.05) is 44.3 Å². The molecule has 2 fully saturated rings. The van der Waals surface area contributed by atoms with Gasteiger partial charge in [0.25, 0.3) is 0 Å². The SMILES string of the molecule is Cc1cccc2nc(Nc3ccc(-c4cn(C5CCC(N6CCN(C)CC6)CC5)c5ncnc(N)c45)cc3)[nH]c12. The Morgan fingerprint density at radius 3 is 2.42 bits per heavy atom. The second-order valence-electron chi connectivity index (χ2n) is 11.5. The maximum Gasteiger partial charge on any atom is 0.205 e. The fourth-order valence-corrected chi connectivity index (χ4v) is 6.60. The Balaban J connectivity index is 1.12. The Hall–Kier alpha value is -3.95. The van der Waals surface area contributed by atoms with Gasteiger partial charge in [0, 0.05) is 55.7 Å². The van der Waals surface area contributed by atoms with E-state index in [2.05, 4.69) is 85.1 Å². The highest BCUT2D eigenvalue weighted by Gasteiger charge is 2.30. The molecule has 4 N–H and O–H groups in total. The molecular weight excluding hydrogens is 498 g/mol. The number of hydrogen-bond acceptors (Lipinski definition) is 7. The number of fused-ring (bicyclic) bond motifs is 2. The van der Waals surface area contributed by atoms with Crippen LogP contribution < -0.4 is 11.1 Å². The molecule has 40 heavy (non-hydrogen) atoms. The van der Waals surface area contributed by atoms with Crippen LogP contribution in [0, 0.1) is 6.92 Å². The largest absolute Gasteiger partial charge is 0.383 e. The van der Waals surface area contributed by atoms with Gasteiger partial charge in [0.2, 0.25) is 5.95 Å². The molecule has 1 saturated heterocycles. The number of piperazine rings is 1. The molecular formula is C31H37N9. The van der Waals surface area contributed by atoms with E-state index < -0.39 is 0 Å². The number of aromatic amines is 1. The van der Waals surface area contributed by atoms with Crippen LogP contribution in [0.15, 0.2) is 55.0 Å². The quantitative estimate of drug-likeness (QED) is 0.279. The third-order valence-corrected chi connectivity index (χ3v) is 8.94. The topological polar surface area (TPSA) is 104 Å². The van der Waals surface area contributed by atoms with Crippen LogP contribution in [0.2, 0.25) is 0 Å². The highest BCUT2D eigenvalue weighted by molar-refractivity contribution is 6.00. The summed E-state index contributed by atoms with van der Waals surface area (Å²) < 4.78 is 2.37. The zero-order valence-corrected chi connectivity index (χ0v) is 23.3. The number of nitrogen functional groups attached to an aromatic ring is 1. The van der Waals surface area contributed by atoms with E-state index in [4.69, 9.17) is 10.7 Å². The van der Waals surface area contributed by atoms with Crippen molar-refractivity contribution in [2.45, 2.75) is 44.7 Å². The minimum Gasteiger partial charge on any atom is -0.383 e.